The zero-order valence-corrected chi connectivity index (χ0v) is 16.6. The molecule has 0 aliphatic heterocycles. The van der Waals surface area contributed by atoms with Crippen LogP contribution in [0.2, 0.25) is 5.02 Å². The molecule has 0 radical (unpaired) electrons. The maximum absolute atomic E-state index is 13.5. The Balaban J connectivity index is 1.80. The number of methoxy groups -OCH3 is 1. The van der Waals surface area contributed by atoms with Gasteiger partial charge in [-0.3, -0.25) is 4.79 Å². The van der Waals surface area contributed by atoms with Gasteiger partial charge in [-0.25, -0.2) is 9.38 Å². The second-order valence-electron chi connectivity index (χ2n) is 6.86. The number of nitrogens with zero attached hydrogens (tertiary/aromatic N) is 3. The number of hydrogen-bond donors (Lipinski definition) is 0. The van der Waals surface area contributed by atoms with Gasteiger partial charge in [-0.05, 0) is 48.1 Å². The molecule has 1 aliphatic rings. The first-order valence-electron chi connectivity index (χ1n) is 9.30. The molecular formula is C22H19ClFN3O2. The minimum absolute atomic E-state index is 0.0394. The molecule has 1 aliphatic carbocycles. The second-order valence-corrected chi connectivity index (χ2v) is 7.27. The Labute approximate surface area is 172 Å². The first-order valence-corrected chi connectivity index (χ1v) is 9.68. The molecular weight excluding hydrogens is 393 g/mol. The van der Waals surface area contributed by atoms with E-state index in [0.29, 0.717) is 6.54 Å². The van der Waals surface area contributed by atoms with Crippen molar-refractivity contribution in [1.82, 2.24) is 9.55 Å². The molecule has 2 aromatic carbocycles. The topological polar surface area (TPSA) is 56.5 Å². The number of hydrogen-bond acceptors (Lipinski definition) is 4. The van der Waals surface area contributed by atoms with Crippen LogP contribution in [0.15, 0.2) is 58.4 Å². The molecule has 4 rings (SSSR count). The summed E-state index contributed by atoms with van der Waals surface area (Å²) in [7, 11) is 1.42. The van der Waals surface area contributed by atoms with E-state index in [-0.39, 0.29) is 16.7 Å². The monoisotopic (exact) mass is 411 g/mol. The summed E-state index contributed by atoms with van der Waals surface area (Å²) in [4.78, 5) is 21.1. The molecule has 0 saturated heterocycles. The average molecular weight is 412 g/mol. The van der Waals surface area contributed by atoms with Crippen LogP contribution in [0.4, 0.5) is 10.3 Å². The van der Waals surface area contributed by atoms with Gasteiger partial charge in [0.2, 0.25) is 11.7 Å². The van der Waals surface area contributed by atoms with Gasteiger partial charge in [0.05, 0.1) is 30.6 Å². The Morgan fingerprint density at radius 2 is 2.07 bits per heavy atom. The molecule has 1 heterocycles. The van der Waals surface area contributed by atoms with E-state index in [1.54, 1.807) is 22.9 Å². The van der Waals surface area contributed by atoms with Gasteiger partial charge in [0.25, 0.3) is 0 Å². The minimum Gasteiger partial charge on any atom is -0.490 e. The molecule has 0 spiro atoms. The van der Waals surface area contributed by atoms with Gasteiger partial charge >= 0.3 is 5.56 Å². The molecule has 0 N–H and O–H groups in total. The second kappa shape index (κ2) is 8.17. The van der Waals surface area contributed by atoms with Crippen molar-refractivity contribution in [3.63, 3.8) is 0 Å². The zero-order valence-electron chi connectivity index (χ0n) is 15.9. The molecule has 0 fully saturated rings. The normalized spacial score (nSPS) is 14.7. The van der Waals surface area contributed by atoms with Crippen LogP contribution in [0.1, 0.15) is 29.5 Å². The number of aryl methyl sites for hydroxylation is 1. The largest absolute Gasteiger partial charge is 0.490 e. The predicted octanol–water partition coefficient (Wildman–Crippen LogP) is 4.55. The Bertz CT molecular complexity index is 1160. The fourth-order valence-corrected chi connectivity index (χ4v) is 3.69. The lowest BCUT2D eigenvalue weighted by Crippen LogP contribution is -2.17. The van der Waals surface area contributed by atoms with Crippen molar-refractivity contribution >= 4 is 23.3 Å². The number of aliphatic imine (C=N–C) groups is 1. The van der Waals surface area contributed by atoms with Crippen LogP contribution in [0.25, 0.3) is 0 Å². The molecule has 1 aromatic heterocycles. The number of rotatable bonds is 4. The van der Waals surface area contributed by atoms with Crippen molar-refractivity contribution in [2.24, 2.45) is 4.99 Å². The smallest absolute Gasteiger partial charge is 0.316 e. The standard InChI is InChI=1S/C22H19ClFN3O2/c1-29-20-13-27(12-14-9-10-18(24)17(23)11-14)22(26-21(20)28)25-19-8-4-6-15-5-2-3-7-16(15)19/h2-3,5,7,9-11,13H,4,6,8,12H2,1H3/b25-19-. The first kappa shape index (κ1) is 19.3. The SMILES string of the molecule is COc1cn(Cc2ccc(F)c(Cl)c2)c(/N=C2/CCCc3ccccc32)nc1=O. The molecule has 0 unspecified atom stereocenters. The van der Waals surface area contributed by atoms with E-state index in [4.69, 9.17) is 21.3 Å². The summed E-state index contributed by atoms with van der Waals surface area (Å²) in [5, 5.41) is 0.0394. The van der Waals surface area contributed by atoms with Crippen molar-refractivity contribution < 1.29 is 9.13 Å². The molecule has 7 heteroatoms. The molecule has 0 atom stereocenters. The van der Waals surface area contributed by atoms with E-state index in [9.17, 15) is 9.18 Å². The molecule has 0 amide bonds. The summed E-state index contributed by atoms with van der Waals surface area (Å²) in [6, 6.07) is 12.6. The number of ether oxygens (including phenoxy) is 1. The highest BCUT2D eigenvalue weighted by Crippen LogP contribution is 2.25. The van der Waals surface area contributed by atoms with E-state index in [1.807, 2.05) is 18.2 Å². The van der Waals surface area contributed by atoms with Gasteiger partial charge in [0, 0.05) is 0 Å². The lowest BCUT2D eigenvalue weighted by Gasteiger charge is -2.18. The van der Waals surface area contributed by atoms with Crippen molar-refractivity contribution in [2.45, 2.75) is 25.8 Å². The maximum Gasteiger partial charge on any atom is 0.316 e. The third-order valence-electron chi connectivity index (χ3n) is 4.92. The van der Waals surface area contributed by atoms with Crippen molar-refractivity contribution in [3.05, 3.63) is 86.5 Å². The Kier molecular flexibility index (Phi) is 5.45. The molecule has 0 bridgehead atoms. The quantitative estimate of drug-likeness (QED) is 0.632. The maximum atomic E-state index is 13.5. The van der Waals surface area contributed by atoms with Crippen LogP contribution in [0.5, 0.6) is 5.75 Å². The Morgan fingerprint density at radius 3 is 2.86 bits per heavy atom. The van der Waals surface area contributed by atoms with Crippen molar-refractivity contribution in [3.8, 4) is 5.75 Å². The van der Waals surface area contributed by atoms with Gasteiger partial charge in [0.1, 0.15) is 5.82 Å². The summed E-state index contributed by atoms with van der Waals surface area (Å²) < 4.78 is 20.4. The van der Waals surface area contributed by atoms with E-state index in [2.05, 4.69) is 11.1 Å². The van der Waals surface area contributed by atoms with E-state index in [1.165, 1.54) is 18.7 Å². The van der Waals surface area contributed by atoms with Gasteiger partial charge < -0.3 is 9.30 Å². The molecule has 148 valence electrons. The highest BCUT2D eigenvalue weighted by atomic mass is 35.5. The summed E-state index contributed by atoms with van der Waals surface area (Å²) >= 11 is 5.91. The Hall–Kier alpha value is -2.99. The van der Waals surface area contributed by atoms with Crippen LogP contribution in [-0.4, -0.2) is 22.4 Å². The van der Waals surface area contributed by atoms with Crippen molar-refractivity contribution in [2.75, 3.05) is 7.11 Å². The average Bonchev–Trinajstić information content (AvgIpc) is 2.73. The molecule has 0 saturated carbocycles. The first-order chi connectivity index (χ1) is 14.0. The number of benzene rings is 2. The van der Waals surface area contributed by atoms with Crippen molar-refractivity contribution in [1.29, 1.82) is 0 Å². The molecule has 29 heavy (non-hydrogen) atoms. The molecule has 3 aromatic rings. The lowest BCUT2D eigenvalue weighted by atomic mass is 9.90. The Morgan fingerprint density at radius 1 is 1.24 bits per heavy atom. The molecule has 5 nitrogen and oxygen atoms in total. The van der Waals surface area contributed by atoms with Gasteiger partial charge in [-0.1, -0.05) is 41.9 Å². The van der Waals surface area contributed by atoms with Gasteiger partial charge in [-0.15, -0.1) is 0 Å². The van der Waals surface area contributed by atoms with Crippen LogP contribution in [-0.2, 0) is 13.0 Å². The number of aromatic nitrogens is 2. The summed E-state index contributed by atoms with van der Waals surface area (Å²) in [5.41, 5.74) is 3.50. The van der Waals surface area contributed by atoms with Gasteiger partial charge in [0.15, 0.2) is 0 Å². The van der Waals surface area contributed by atoms with E-state index >= 15 is 0 Å². The summed E-state index contributed by atoms with van der Waals surface area (Å²) in [5.74, 6) is -0.0838. The zero-order chi connectivity index (χ0) is 20.4. The summed E-state index contributed by atoms with van der Waals surface area (Å²) in [6.45, 7) is 0.317. The highest BCUT2D eigenvalue weighted by Gasteiger charge is 2.17. The predicted molar refractivity (Wildman–Crippen MR) is 111 cm³/mol. The highest BCUT2D eigenvalue weighted by molar-refractivity contribution is 6.30. The lowest BCUT2D eigenvalue weighted by molar-refractivity contribution is 0.402. The van der Waals surface area contributed by atoms with Crippen LogP contribution in [0.3, 0.4) is 0 Å². The fraction of sp³-hybridized carbons (Fsp3) is 0.227. The number of fused-ring (bicyclic) bond motifs is 1. The fourth-order valence-electron chi connectivity index (χ4n) is 3.48. The third-order valence-corrected chi connectivity index (χ3v) is 5.21. The van der Waals surface area contributed by atoms with E-state index in [0.717, 1.165) is 36.1 Å². The van der Waals surface area contributed by atoms with Gasteiger partial charge in [-0.2, -0.15) is 4.98 Å². The van der Waals surface area contributed by atoms with Crippen LogP contribution >= 0.6 is 11.6 Å². The summed E-state index contributed by atoms with van der Waals surface area (Å²) in [6.07, 6.45) is 4.37. The minimum atomic E-state index is -0.482. The van der Waals surface area contributed by atoms with E-state index < -0.39 is 11.4 Å². The third kappa shape index (κ3) is 4.07. The van der Waals surface area contributed by atoms with Crippen LogP contribution in [0, 0.1) is 5.82 Å². The number of halogens is 2. The van der Waals surface area contributed by atoms with Crippen LogP contribution < -0.4 is 10.3 Å².